The van der Waals surface area contributed by atoms with E-state index in [9.17, 15) is 14.9 Å². The number of carbonyl (C=O) groups excluding carboxylic acids is 1. The van der Waals surface area contributed by atoms with Crippen molar-refractivity contribution in [1.29, 1.82) is 0 Å². The Morgan fingerprint density at radius 3 is 2.76 bits per heavy atom. The van der Waals surface area contributed by atoms with Gasteiger partial charge in [-0.3, -0.25) is 14.9 Å². The molecule has 1 aliphatic rings. The molecule has 1 unspecified atom stereocenters. The molecule has 1 atom stereocenters. The van der Waals surface area contributed by atoms with Crippen LogP contribution in [0.25, 0.3) is 0 Å². The lowest BCUT2D eigenvalue weighted by Gasteiger charge is -2.29. The fourth-order valence-corrected chi connectivity index (χ4v) is 2.38. The smallest absolute Gasteiger partial charge is 0.329 e. The minimum absolute atomic E-state index is 0.0436. The topological polar surface area (TPSA) is 101 Å². The van der Waals surface area contributed by atoms with Crippen LogP contribution in [-0.4, -0.2) is 44.8 Å². The number of nitrogens with zero attached hydrogens (tertiary/aromatic N) is 4. The van der Waals surface area contributed by atoms with Crippen molar-refractivity contribution >= 4 is 29.0 Å². The number of anilines is 1. The molecule has 1 aliphatic heterocycles. The predicted molar refractivity (Wildman–Crippen MR) is 77.2 cm³/mol. The van der Waals surface area contributed by atoms with Crippen LogP contribution in [0.1, 0.15) is 26.2 Å². The minimum Gasteiger partial charge on any atom is -0.353 e. The molecular weight excluding hydrogens is 298 g/mol. The van der Waals surface area contributed by atoms with Gasteiger partial charge in [0.15, 0.2) is 0 Å². The van der Waals surface area contributed by atoms with Gasteiger partial charge in [0.05, 0.1) is 4.92 Å². The first-order valence-corrected chi connectivity index (χ1v) is 7.09. The number of hydrogen-bond acceptors (Lipinski definition) is 6. The quantitative estimate of drug-likeness (QED) is 0.517. The Morgan fingerprint density at radius 1 is 1.48 bits per heavy atom. The molecule has 1 aromatic rings. The SMILES string of the molecule is CC(Nc1nc(Cl)ncc1[N+](=O)[O-])C(=O)N1CCCCC1. The number of halogens is 1. The maximum Gasteiger partial charge on any atom is 0.329 e. The molecule has 0 bridgehead atoms. The van der Waals surface area contributed by atoms with Crippen molar-refractivity contribution in [2.45, 2.75) is 32.2 Å². The number of nitrogens with one attached hydrogen (secondary N) is 1. The number of piperidine rings is 1. The number of rotatable bonds is 4. The number of aromatic nitrogens is 2. The van der Waals surface area contributed by atoms with Crippen molar-refractivity contribution in [2.75, 3.05) is 18.4 Å². The Bertz CT molecular complexity index is 548. The van der Waals surface area contributed by atoms with Gasteiger partial charge in [-0.25, -0.2) is 4.98 Å². The van der Waals surface area contributed by atoms with E-state index in [2.05, 4.69) is 15.3 Å². The molecule has 0 aromatic carbocycles. The molecule has 1 saturated heterocycles. The van der Waals surface area contributed by atoms with E-state index in [-0.39, 0.29) is 22.7 Å². The molecule has 1 aromatic heterocycles. The third-order valence-electron chi connectivity index (χ3n) is 3.33. The van der Waals surface area contributed by atoms with E-state index in [1.54, 1.807) is 11.8 Å². The van der Waals surface area contributed by atoms with Crippen LogP contribution in [-0.2, 0) is 4.79 Å². The normalized spacial score (nSPS) is 16.4. The van der Waals surface area contributed by atoms with Crippen LogP contribution in [0.5, 0.6) is 0 Å². The average molecular weight is 314 g/mol. The minimum atomic E-state index is -0.618. The molecule has 0 radical (unpaired) electrons. The Morgan fingerprint density at radius 2 is 2.14 bits per heavy atom. The second-order valence-electron chi connectivity index (χ2n) is 4.88. The summed E-state index contributed by atoms with van der Waals surface area (Å²) in [5.74, 6) is -0.142. The van der Waals surface area contributed by atoms with Crippen molar-refractivity contribution in [3.8, 4) is 0 Å². The highest BCUT2D eigenvalue weighted by molar-refractivity contribution is 6.28. The molecule has 9 heteroatoms. The highest BCUT2D eigenvalue weighted by Crippen LogP contribution is 2.23. The molecule has 0 saturated carbocycles. The number of likely N-dealkylation sites (tertiary alicyclic amines) is 1. The Kier molecular flexibility index (Phi) is 4.89. The molecule has 114 valence electrons. The summed E-state index contributed by atoms with van der Waals surface area (Å²) >= 11 is 5.65. The zero-order chi connectivity index (χ0) is 15.4. The summed E-state index contributed by atoms with van der Waals surface area (Å²) in [5, 5.41) is 13.6. The van der Waals surface area contributed by atoms with Crippen LogP contribution >= 0.6 is 11.6 Å². The van der Waals surface area contributed by atoms with Crippen molar-refractivity contribution in [1.82, 2.24) is 14.9 Å². The molecule has 8 nitrogen and oxygen atoms in total. The molecule has 1 amide bonds. The van der Waals surface area contributed by atoms with Crippen molar-refractivity contribution in [3.05, 3.63) is 21.6 Å². The van der Waals surface area contributed by atoms with Gasteiger partial charge in [-0.1, -0.05) is 0 Å². The van der Waals surface area contributed by atoms with Gasteiger partial charge < -0.3 is 10.2 Å². The molecule has 1 fully saturated rings. The van der Waals surface area contributed by atoms with E-state index in [4.69, 9.17) is 11.6 Å². The summed E-state index contributed by atoms with van der Waals surface area (Å²) in [6.45, 7) is 3.09. The van der Waals surface area contributed by atoms with Gasteiger partial charge in [0.25, 0.3) is 0 Å². The number of nitro groups is 1. The summed E-state index contributed by atoms with van der Waals surface area (Å²) in [6, 6.07) is -0.618. The van der Waals surface area contributed by atoms with E-state index >= 15 is 0 Å². The monoisotopic (exact) mass is 313 g/mol. The van der Waals surface area contributed by atoms with E-state index in [0.717, 1.165) is 38.5 Å². The van der Waals surface area contributed by atoms with Crippen LogP contribution in [0.4, 0.5) is 11.5 Å². The fraction of sp³-hybridized carbons (Fsp3) is 0.583. The zero-order valence-corrected chi connectivity index (χ0v) is 12.3. The van der Waals surface area contributed by atoms with Crippen LogP contribution < -0.4 is 5.32 Å². The summed E-state index contributed by atoms with van der Waals surface area (Å²) in [5.41, 5.74) is -0.308. The van der Waals surface area contributed by atoms with Gasteiger partial charge in [-0.05, 0) is 37.8 Å². The largest absolute Gasteiger partial charge is 0.353 e. The van der Waals surface area contributed by atoms with Crippen molar-refractivity contribution in [2.24, 2.45) is 0 Å². The van der Waals surface area contributed by atoms with Gasteiger partial charge in [0.1, 0.15) is 12.2 Å². The van der Waals surface area contributed by atoms with Gasteiger partial charge in [0.2, 0.25) is 17.0 Å². The highest BCUT2D eigenvalue weighted by atomic mass is 35.5. The van der Waals surface area contributed by atoms with Crippen LogP contribution in [0.15, 0.2) is 6.20 Å². The third-order valence-corrected chi connectivity index (χ3v) is 3.51. The average Bonchev–Trinajstić information content (AvgIpc) is 2.47. The number of hydrogen-bond donors (Lipinski definition) is 1. The third kappa shape index (κ3) is 3.78. The van der Waals surface area contributed by atoms with Crippen LogP contribution in [0.2, 0.25) is 5.28 Å². The first-order valence-electron chi connectivity index (χ1n) is 6.71. The molecule has 21 heavy (non-hydrogen) atoms. The van der Waals surface area contributed by atoms with E-state index in [1.165, 1.54) is 0 Å². The molecule has 2 heterocycles. The Hall–Kier alpha value is -1.96. The standard InChI is InChI=1S/C12H16ClN5O3/c1-8(11(19)17-5-3-2-4-6-17)15-10-9(18(20)21)7-14-12(13)16-10/h7-8H,2-6H2,1H3,(H,14,15,16). The van der Waals surface area contributed by atoms with Gasteiger partial charge in [-0.2, -0.15) is 4.98 Å². The van der Waals surface area contributed by atoms with Gasteiger partial charge in [-0.15, -0.1) is 0 Å². The lowest BCUT2D eigenvalue weighted by atomic mass is 10.1. The molecule has 1 N–H and O–H groups in total. The second kappa shape index (κ2) is 6.66. The summed E-state index contributed by atoms with van der Waals surface area (Å²) < 4.78 is 0. The van der Waals surface area contributed by atoms with E-state index in [1.807, 2.05) is 0 Å². The second-order valence-corrected chi connectivity index (χ2v) is 5.22. The van der Waals surface area contributed by atoms with E-state index < -0.39 is 11.0 Å². The first kappa shape index (κ1) is 15.4. The highest BCUT2D eigenvalue weighted by Gasteiger charge is 2.25. The molecular formula is C12H16ClN5O3. The summed E-state index contributed by atoms with van der Waals surface area (Å²) in [6.07, 6.45) is 4.12. The predicted octanol–water partition coefficient (Wildman–Crippen LogP) is 1.85. The summed E-state index contributed by atoms with van der Waals surface area (Å²) in [4.78, 5) is 31.7. The summed E-state index contributed by atoms with van der Waals surface area (Å²) in [7, 11) is 0. The van der Waals surface area contributed by atoms with Gasteiger partial charge >= 0.3 is 5.69 Å². The lowest BCUT2D eigenvalue weighted by Crippen LogP contribution is -2.44. The van der Waals surface area contributed by atoms with Crippen LogP contribution in [0.3, 0.4) is 0 Å². The van der Waals surface area contributed by atoms with Crippen LogP contribution in [0, 0.1) is 10.1 Å². The fourth-order valence-electron chi connectivity index (χ4n) is 2.25. The molecule has 0 aliphatic carbocycles. The Balaban J connectivity index is 2.11. The maximum absolute atomic E-state index is 12.3. The van der Waals surface area contributed by atoms with Crippen molar-refractivity contribution in [3.63, 3.8) is 0 Å². The Labute approximate surface area is 126 Å². The first-order chi connectivity index (χ1) is 9.99. The lowest BCUT2D eigenvalue weighted by molar-refractivity contribution is -0.384. The van der Waals surface area contributed by atoms with E-state index in [0.29, 0.717) is 0 Å². The molecule has 2 rings (SSSR count). The molecule has 0 spiro atoms. The van der Waals surface area contributed by atoms with Crippen molar-refractivity contribution < 1.29 is 9.72 Å². The number of amides is 1. The maximum atomic E-state index is 12.3. The zero-order valence-electron chi connectivity index (χ0n) is 11.6. The number of carbonyl (C=O) groups is 1. The van der Waals surface area contributed by atoms with Gasteiger partial charge in [0, 0.05) is 13.1 Å².